The maximum atomic E-state index is 12.6. The Kier molecular flexibility index (Phi) is 7.01. The highest BCUT2D eigenvalue weighted by Crippen LogP contribution is 2.27. The number of aryl methyl sites for hydroxylation is 1. The van der Waals surface area contributed by atoms with Gasteiger partial charge < -0.3 is 15.5 Å². The second-order valence-electron chi connectivity index (χ2n) is 7.62. The summed E-state index contributed by atoms with van der Waals surface area (Å²) in [7, 11) is 0. The number of amides is 3. The van der Waals surface area contributed by atoms with Gasteiger partial charge in [-0.25, -0.2) is 14.8 Å². The zero-order chi connectivity index (χ0) is 22.3. The van der Waals surface area contributed by atoms with E-state index in [4.69, 9.17) is 0 Å². The van der Waals surface area contributed by atoms with Crippen LogP contribution in [0.5, 0.6) is 0 Å². The van der Waals surface area contributed by atoms with Crippen molar-refractivity contribution in [2.45, 2.75) is 36.4 Å². The minimum atomic E-state index is -0.295. The molecule has 0 saturated carbocycles. The Bertz CT molecular complexity index is 1100. The molecule has 0 spiro atoms. The molecular weight excluding hydrogens is 422 g/mol. The van der Waals surface area contributed by atoms with E-state index in [0.29, 0.717) is 17.3 Å². The summed E-state index contributed by atoms with van der Waals surface area (Å²) in [4.78, 5) is 36.3. The molecule has 7 nitrogen and oxygen atoms in total. The number of nitrogens with one attached hydrogen (secondary N) is 2. The Balaban J connectivity index is 1.32. The molecule has 1 fully saturated rings. The Morgan fingerprint density at radius 3 is 2.56 bits per heavy atom. The van der Waals surface area contributed by atoms with E-state index in [-0.39, 0.29) is 11.9 Å². The molecule has 0 bridgehead atoms. The number of nitrogens with zero attached hydrogens (tertiary/aromatic N) is 3. The molecule has 1 aromatic heterocycles. The van der Waals surface area contributed by atoms with Gasteiger partial charge in [-0.05, 0) is 79.1 Å². The van der Waals surface area contributed by atoms with Crippen molar-refractivity contribution in [2.75, 3.05) is 18.4 Å². The van der Waals surface area contributed by atoms with Gasteiger partial charge >= 0.3 is 6.03 Å². The maximum absolute atomic E-state index is 12.6. The van der Waals surface area contributed by atoms with Gasteiger partial charge in [0, 0.05) is 48.2 Å². The second kappa shape index (κ2) is 10.3. The molecule has 8 heteroatoms. The van der Waals surface area contributed by atoms with Crippen LogP contribution < -0.4 is 10.6 Å². The van der Waals surface area contributed by atoms with Crippen LogP contribution in [0.25, 0.3) is 0 Å². The fraction of sp³-hybridized carbons (Fsp3) is 0.250. The Morgan fingerprint density at radius 1 is 1.03 bits per heavy atom. The molecule has 4 rings (SSSR count). The molecule has 3 aromatic rings. The lowest BCUT2D eigenvalue weighted by Gasteiger charge is -2.16. The van der Waals surface area contributed by atoms with E-state index in [1.54, 1.807) is 18.5 Å². The lowest BCUT2D eigenvalue weighted by atomic mass is 10.1. The normalized spacial score (nSPS) is 13.1. The molecule has 0 radical (unpaired) electrons. The third-order valence-corrected chi connectivity index (χ3v) is 6.10. The highest BCUT2D eigenvalue weighted by Gasteiger charge is 2.19. The van der Waals surface area contributed by atoms with Crippen LogP contribution in [0.1, 0.15) is 34.3 Å². The van der Waals surface area contributed by atoms with E-state index in [1.807, 2.05) is 54.3 Å². The van der Waals surface area contributed by atoms with Crippen LogP contribution in [0.2, 0.25) is 0 Å². The first-order valence-electron chi connectivity index (χ1n) is 10.6. The Morgan fingerprint density at radius 2 is 1.81 bits per heavy atom. The molecule has 3 amide bonds. The number of urea groups is 1. The first-order chi connectivity index (χ1) is 15.6. The van der Waals surface area contributed by atoms with Crippen molar-refractivity contribution in [2.24, 2.45) is 0 Å². The van der Waals surface area contributed by atoms with E-state index in [0.717, 1.165) is 47.6 Å². The topological polar surface area (TPSA) is 87.2 Å². The average Bonchev–Trinajstić information content (AvgIpc) is 3.35. The lowest BCUT2D eigenvalue weighted by molar-refractivity contribution is 0.0792. The summed E-state index contributed by atoms with van der Waals surface area (Å²) >= 11 is 1.47. The first kappa shape index (κ1) is 21.8. The van der Waals surface area contributed by atoms with Crippen molar-refractivity contribution in [1.82, 2.24) is 20.2 Å². The summed E-state index contributed by atoms with van der Waals surface area (Å²) < 4.78 is 0. The van der Waals surface area contributed by atoms with Crippen LogP contribution in [0.3, 0.4) is 0 Å². The number of likely N-dealkylation sites (tertiary alicyclic amines) is 1. The molecule has 164 valence electrons. The van der Waals surface area contributed by atoms with Crippen molar-refractivity contribution in [3.63, 3.8) is 0 Å². The third-order valence-electron chi connectivity index (χ3n) is 5.22. The number of rotatable bonds is 6. The Hall–Kier alpha value is -3.39. The van der Waals surface area contributed by atoms with Crippen molar-refractivity contribution in [3.05, 3.63) is 77.6 Å². The monoisotopic (exact) mass is 447 g/mol. The van der Waals surface area contributed by atoms with Gasteiger partial charge in [0.15, 0.2) is 5.16 Å². The van der Waals surface area contributed by atoms with Gasteiger partial charge in [-0.1, -0.05) is 12.1 Å². The average molecular weight is 448 g/mol. The summed E-state index contributed by atoms with van der Waals surface area (Å²) in [5.74, 6) is 0.0586. The molecule has 32 heavy (non-hydrogen) atoms. The highest BCUT2D eigenvalue weighted by molar-refractivity contribution is 7.99. The number of aromatic nitrogens is 2. The number of carbonyl (C=O) groups is 2. The number of carbonyl (C=O) groups excluding carboxylic acids is 2. The molecule has 2 aromatic carbocycles. The molecule has 0 unspecified atom stereocenters. The van der Waals surface area contributed by atoms with Crippen molar-refractivity contribution >= 4 is 29.4 Å². The molecule has 1 aliphatic rings. The number of anilines is 1. The summed E-state index contributed by atoms with van der Waals surface area (Å²) in [6.45, 7) is 3.92. The van der Waals surface area contributed by atoms with Gasteiger partial charge in [0.05, 0.1) is 0 Å². The van der Waals surface area contributed by atoms with E-state index in [2.05, 4.69) is 20.6 Å². The zero-order valence-corrected chi connectivity index (χ0v) is 18.7. The number of hydrogen-bond donors (Lipinski definition) is 2. The molecule has 1 aliphatic heterocycles. The smallest absolute Gasteiger partial charge is 0.319 e. The van der Waals surface area contributed by atoms with E-state index < -0.39 is 0 Å². The van der Waals surface area contributed by atoms with Crippen molar-refractivity contribution in [1.29, 1.82) is 0 Å². The lowest BCUT2D eigenvalue weighted by Crippen LogP contribution is -2.29. The molecule has 2 N–H and O–H groups in total. The quantitative estimate of drug-likeness (QED) is 0.544. The predicted molar refractivity (Wildman–Crippen MR) is 125 cm³/mol. The largest absolute Gasteiger partial charge is 0.339 e. The summed E-state index contributed by atoms with van der Waals surface area (Å²) in [5.41, 5.74) is 3.23. The third kappa shape index (κ3) is 5.64. The van der Waals surface area contributed by atoms with E-state index in [9.17, 15) is 9.59 Å². The maximum Gasteiger partial charge on any atom is 0.319 e. The second-order valence-corrected chi connectivity index (χ2v) is 8.66. The predicted octanol–water partition coefficient (Wildman–Crippen LogP) is 4.49. The SMILES string of the molecule is Cc1cc(Sc2ncccn2)ccc1NC(=O)NCc1cccc(C(=O)N2CCCC2)c1. The standard InChI is InChI=1S/C24H25N5O2S/c1-17-14-20(32-24-25-10-5-11-26-24)8-9-21(17)28-23(31)27-16-18-6-4-7-19(15-18)22(30)29-12-2-3-13-29/h4-11,14-15H,2-3,12-13,16H2,1H3,(H2,27,28,31). The molecule has 1 saturated heterocycles. The van der Waals surface area contributed by atoms with Gasteiger partial charge in [0.25, 0.3) is 5.91 Å². The summed E-state index contributed by atoms with van der Waals surface area (Å²) in [6, 6.07) is 14.7. The van der Waals surface area contributed by atoms with Crippen LogP contribution >= 0.6 is 11.8 Å². The van der Waals surface area contributed by atoms with Crippen LogP contribution in [0, 0.1) is 6.92 Å². The van der Waals surface area contributed by atoms with Gasteiger partial charge in [-0.15, -0.1) is 0 Å². The molecule has 0 aliphatic carbocycles. The highest BCUT2D eigenvalue weighted by atomic mass is 32.2. The van der Waals surface area contributed by atoms with E-state index >= 15 is 0 Å². The van der Waals surface area contributed by atoms with Gasteiger partial charge in [-0.2, -0.15) is 0 Å². The Labute approximate surface area is 191 Å². The van der Waals surface area contributed by atoms with Gasteiger partial charge in [0.1, 0.15) is 0 Å². The minimum absolute atomic E-state index is 0.0586. The van der Waals surface area contributed by atoms with Crippen molar-refractivity contribution < 1.29 is 9.59 Å². The number of hydrogen-bond acceptors (Lipinski definition) is 5. The van der Waals surface area contributed by atoms with Gasteiger partial charge in [-0.3, -0.25) is 4.79 Å². The van der Waals surface area contributed by atoms with Crippen LogP contribution in [0.4, 0.5) is 10.5 Å². The molecular formula is C24H25N5O2S. The van der Waals surface area contributed by atoms with Crippen LogP contribution in [0.15, 0.2) is 71.0 Å². The van der Waals surface area contributed by atoms with Gasteiger partial charge in [0.2, 0.25) is 0 Å². The first-order valence-corrected chi connectivity index (χ1v) is 11.4. The number of benzene rings is 2. The molecule has 0 atom stereocenters. The zero-order valence-electron chi connectivity index (χ0n) is 17.9. The van der Waals surface area contributed by atoms with E-state index in [1.165, 1.54) is 11.8 Å². The fourth-order valence-electron chi connectivity index (χ4n) is 3.55. The minimum Gasteiger partial charge on any atom is -0.339 e. The van der Waals surface area contributed by atoms with Crippen LogP contribution in [-0.2, 0) is 6.54 Å². The van der Waals surface area contributed by atoms with Crippen LogP contribution in [-0.4, -0.2) is 39.9 Å². The molecule has 2 heterocycles. The fourth-order valence-corrected chi connectivity index (χ4v) is 4.36. The summed E-state index contributed by atoms with van der Waals surface area (Å²) in [5, 5.41) is 6.43. The summed E-state index contributed by atoms with van der Waals surface area (Å²) in [6.07, 6.45) is 5.54. The van der Waals surface area contributed by atoms with Crippen molar-refractivity contribution in [3.8, 4) is 0 Å².